The van der Waals surface area contributed by atoms with E-state index >= 15 is 0 Å². The van der Waals surface area contributed by atoms with Gasteiger partial charge < -0.3 is 24.6 Å². The molecule has 0 radical (unpaired) electrons. The first-order valence-corrected chi connectivity index (χ1v) is 11.2. The average Bonchev–Trinajstić information content (AvgIpc) is 2.84. The molecule has 8 heteroatoms. The second kappa shape index (κ2) is 10.6. The van der Waals surface area contributed by atoms with Gasteiger partial charge in [-0.1, -0.05) is 41.9 Å². The fraction of sp³-hybridized carbons (Fsp3) is 0.231. The molecule has 7 nitrogen and oxygen atoms in total. The largest absolute Gasteiger partial charge is 0.493 e. The molecule has 0 bridgehead atoms. The molecule has 1 amide bonds. The number of aliphatic carboxylic acids is 1. The van der Waals surface area contributed by atoms with Crippen LogP contribution in [-0.4, -0.2) is 36.9 Å². The third kappa shape index (κ3) is 5.50. The Balaban J connectivity index is 1.43. The highest BCUT2D eigenvalue weighted by Crippen LogP contribution is 2.41. The van der Waals surface area contributed by atoms with Crippen LogP contribution in [0.25, 0.3) is 0 Å². The molecule has 3 aromatic rings. The molecule has 3 aromatic carbocycles. The number of carboxylic acid groups (broad SMARTS) is 1. The van der Waals surface area contributed by atoms with Crippen LogP contribution in [0.1, 0.15) is 33.8 Å². The maximum atomic E-state index is 12.7. The Morgan fingerprint density at radius 2 is 1.88 bits per heavy atom. The van der Waals surface area contributed by atoms with E-state index in [0.29, 0.717) is 47.8 Å². The first-order chi connectivity index (χ1) is 16.4. The van der Waals surface area contributed by atoms with Gasteiger partial charge in [0.25, 0.3) is 5.91 Å². The van der Waals surface area contributed by atoms with Crippen molar-refractivity contribution in [2.45, 2.75) is 25.0 Å². The first kappa shape index (κ1) is 23.6. The number of hydrogen-bond acceptors (Lipinski definition) is 5. The zero-order valence-electron chi connectivity index (χ0n) is 18.5. The lowest BCUT2D eigenvalue weighted by molar-refractivity contribution is -0.139. The van der Waals surface area contributed by atoms with Gasteiger partial charge in [0.2, 0.25) is 0 Å². The highest BCUT2D eigenvalue weighted by atomic mass is 35.5. The molecular weight excluding hydrogens is 458 g/mol. The summed E-state index contributed by atoms with van der Waals surface area (Å²) in [6.07, 6.45) is 0.471. The molecule has 0 saturated carbocycles. The maximum absolute atomic E-state index is 12.7. The van der Waals surface area contributed by atoms with E-state index < -0.39 is 18.1 Å². The Morgan fingerprint density at radius 1 is 1.15 bits per heavy atom. The van der Waals surface area contributed by atoms with Gasteiger partial charge in [0.05, 0.1) is 17.5 Å². The van der Waals surface area contributed by atoms with Crippen molar-refractivity contribution in [3.8, 4) is 17.2 Å². The van der Waals surface area contributed by atoms with Gasteiger partial charge in [-0.3, -0.25) is 9.59 Å². The summed E-state index contributed by atoms with van der Waals surface area (Å²) >= 11 is 6.35. The number of benzene rings is 3. The minimum Gasteiger partial charge on any atom is -0.493 e. The molecule has 1 heterocycles. The molecule has 0 saturated heterocycles. The summed E-state index contributed by atoms with van der Waals surface area (Å²) in [5.74, 6) is -0.594. The van der Waals surface area contributed by atoms with Crippen molar-refractivity contribution < 1.29 is 28.9 Å². The van der Waals surface area contributed by atoms with Crippen LogP contribution in [0.15, 0.2) is 66.7 Å². The molecule has 176 valence electrons. The fourth-order valence-corrected chi connectivity index (χ4v) is 3.99. The molecule has 1 aliphatic heterocycles. The Hall–Kier alpha value is -3.55. The summed E-state index contributed by atoms with van der Waals surface area (Å²) in [5, 5.41) is 12.6. The van der Waals surface area contributed by atoms with E-state index in [1.54, 1.807) is 43.5 Å². The number of carbonyl (C=O) groups excluding carboxylic acids is 1. The third-order valence-electron chi connectivity index (χ3n) is 5.59. The normalized spacial score (nSPS) is 15.5. The molecule has 34 heavy (non-hydrogen) atoms. The van der Waals surface area contributed by atoms with Crippen molar-refractivity contribution in [3.05, 3.63) is 88.4 Å². The summed E-state index contributed by atoms with van der Waals surface area (Å²) in [6.45, 7) is 0.307. The fourth-order valence-electron chi connectivity index (χ4n) is 3.78. The lowest BCUT2D eigenvalue weighted by atomic mass is 9.93. The van der Waals surface area contributed by atoms with Crippen LogP contribution in [0.4, 0.5) is 0 Å². The van der Waals surface area contributed by atoms with E-state index in [1.165, 1.54) is 0 Å². The van der Waals surface area contributed by atoms with Gasteiger partial charge in [0.15, 0.2) is 0 Å². The van der Waals surface area contributed by atoms with Crippen LogP contribution in [0.3, 0.4) is 0 Å². The summed E-state index contributed by atoms with van der Waals surface area (Å²) in [6, 6.07) is 19.5. The molecule has 2 N–H and O–H groups in total. The monoisotopic (exact) mass is 481 g/mol. The van der Waals surface area contributed by atoms with E-state index in [1.807, 2.05) is 30.3 Å². The van der Waals surface area contributed by atoms with Gasteiger partial charge in [-0.25, -0.2) is 0 Å². The van der Waals surface area contributed by atoms with Gasteiger partial charge in [0.1, 0.15) is 23.5 Å². The number of rotatable bonds is 8. The number of amides is 1. The highest BCUT2D eigenvalue weighted by molar-refractivity contribution is 6.32. The van der Waals surface area contributed by atoms with E-state index in [9.17, 15) is 14.7 Å². The van der Waals surface area contributed by atoms with Crippen LogP contribution in [0.2, 0.25) is 5.02 Å². The highest BCUT2D eigenvalue weighted by Gasteiger charge is 2.29. The second-order valence-corrected chi connectivity index (χ2v) is 8.27. The number of carbonyl (C=O) groups is 2. The molecule has 1 aliphatic rings. The summed E-state index contributed by atoms with van der Waals surface area (Å²) in [4.78, 5) is 24.2. The molecule has 2 unspecified atom stereocenters. The smallest absolute Gasteiger partial charge is 0.311 e. The molecule has 0 fully saturated rings. The summed E-state index contributed by atoms with van der Waals surface area (Å²) in [5.41, 5.74) is 2.04. The van der Waals surface area contributed by atoms with Gasteiger partial charge in [-0.05, 0) is 42.3 Å². The molecule has 0 aromatic heterocycles. The Bertz CT molecular complexity index is 1170. The second-order valence-electron chi connectivity index (χ2n) is 7.86. The minimum atomic E-state index is -0.914. The maximum Gasteiger partial charge on any atom is 0.311 e. The quantitative estimate of drug-likeness (QED) is 0.438. The topological polar surface area (TPSA) is 94.1 Å². The first-order valence-electron chi connectivity index (χ1n) is 10.8. The number of ether oxygens (including phenoxy) is 3. The SMILES string of the molecule is COC(Cc1ccccc1)NC(=O)c1ccc(Oc2cc3c(cc2Cl)C(C(=O)O)CCO3)cc1. The Labute approximate surface area is 202 Å². The van der Waals surface area contributed by atoms with Crippen molar-refractivity contribution in [1.82, 2.24) is 5.32 Å². The van der Waals surface area contributed by atoms with Gasteiger partial charge in [-0.2, -0.15) is 0 Å². The van der Waals surface area contributed by atoms with E-state index in [-0.39, 0.29) is 10.9 Å². The van der Waals surface area contributed by atoms with Crippen LogP contribution in [0.5, 0.6) is 17.2 Å². The van der Waals surface area contributed by atoms with Gasteiger partial charge in [-0.15, -0.1) is 0 Å². The Morgan fingerprint density at radius 3 is 2.56 bits per heavy atom. The predicted octanol–water partition coefficient (Wildman–Crippen LogP) is 5.03. The molecule has 2 atom stereocenters. The van der Waals surface area contributed by atoms with Crippen molar-refractivity contribution >= 4 is 23.5 Å². The van der Waals surface area contributed by atoms with E-state index in [2.05, 4.69) is 5.32 Å². The minimum absolute atomic E-state index is 0.269. The number of hydrogen-bond donors (Lipinski definition) is 2. The summed E-state index contributed by atoms with van der Waals surface area (Å²) < 4.78 is 16.9. The van der Waals surface area contributed by atoms with Crippen molar-refractivity contribution in [2.75, 3.05) is 13.7 Å². The standard InChI is InChI=1S/C26H24ClNO6/c1-32-24(13-16-5-3-2-4-6-16)28-25(29)17-7-9-18(10-8-17)34-23-15-22-20(14-21(23)27)19(26(30)31)11-12-33-22/h2-10,14-15,19,24H,11-13H2,1H3,(H,28,29)(H,30,31). The van der Waals surface area contributed by atoms with E-state index in [4.69, 9.17) is 25.8 Å². The summed E-state index contributed by atoms with van der Waals surface area (Å²) in [7, 11) is 1.55. The number of methoxy groups -OCH3 is 1. The van der Waals surface area contributed by atoms with Crippen molar-refractivity contribution in [1.29, 1.82) is 0 Å². The molecule has 0 spiro atoms. The van der Waals surface area contributed by atoms with Crippen LogP contribution < -0.4 is 14.8 Å². The van der Waals surface area contributed by atoms with Crippen LogP contribution in [-0.2, 0) is 16.0 Å². The van der Waals surface area contributed by atoms with Crippen LogP contribution in [0, 0.1) is 0 Å². The Kier molecular flexibility index (Phi) is 7.35. The number of nitrogens with one attached hydrogen (secondary N) is 1. The number of halogens is 1. The van der Waals surface area contributed by atoms with Gasteiger partial charge in [0, 0.05) is 30.7 Å². The third-order valence-corrected chi connectivity index (χ3v) is 5.88. The zero-order valence-corrected chi connectivity index (χ0v) is 19.2. The van der Waals surface area contributed by atoms with Gasteiger partial charge >= 0.3 is 5.97 Å². The molecular formula is C26H24ClNO6. The van der Waals surface area contributed by atoms with Crippen molar-refractivity contribution in [2.24, 2.45) is 0 Å². The van der Waals surface area contributed by atoms with E-state index in [0.717, 1.165) is 5.56 Å². The van der Waals surface area contributed by atoms with Crippen LogP contribution >= 0.6 is 11.6 Å². The average molecular weight is 482 g/mol. The number of carboxylic acids is 1. The lowest BCUT2D eigenvalue weighted by Gasteiger charge is -2.24. The number of fused-ring (bicyclic) bond motifs is 1. The predicted molar refractivity (Wildman–Crippen MR) is 127 cm³/mol. The molecule has 0 aliphatic carbocycles. The lowest BCUT2D eigenvalue weighted by Crippen LogP contribution is -2.37. The zero-order chi connectivity index (χ0) is 24.1. The van der Waals surface area contributed by atoms with Crippen molar-refractivity contribution in [3.63, 3.8) is 0 Å². The molecule has 4 rings (SSSR count).